The molecule has 2 heterocycles. The first-order valence-electron chi connectivity index (χ1n) is 6.78. The van der Waals surface area contributed by atoms with Gasteiger partial charge in [-0.05, 0) is 19.0 Å². The Morgan fingerprint density at radius 2 is 2.17 bits per heavy atom. The highest BCUT2D eigenvalue weighted by Gasteiger charge is 2.24. The van der Waals surface area contributed by atoms with Gasteiger partial charge in [-0.3, -0.25) is 4.90 Å². The monoisotopic (exact) mass is 244 g/mol. The summed E-state index contributed by atoms with van der Waals surface area (Å²) in [5.41, 5.74) is 2.31. The summed E-state index contributed by atoms with van der Waals surface area (Å²) in [5, 5.41) is 4.61. The van der Waals surface area contributed by atoms with Gasteiger partial charge in [-0.25, -0.2) is 0 Å². The van der Waals surface area contributed by atoms with Crippen LogP contribution in [0.1, 0.15) is 18.9 Å². The van der Waals surface area contributed by atoms with E-state index in [4.69, 9.17) is 4.42 Å². The van der Waals surface area contributed by atoms with E-state index >= 15 is 0 Å². The Labute approximate surface area is 108 Å². The summed E-state index contributed by atoms with van der Waals surface area (Å²) >= 11 is 0. The van der Waals surface area contributed by atoms with Crippen LogP contribution in [0, 0.1) is 0 Å². The minimum Gasteiger partial charge on any atom is -0.464 e. The third kappa shape index (κ3) is 2.16. The Morgan fingerprint density at radius 3 is 2.89 bits per heavy atom. The fraction of sp³-hybridized carbons (Fsp3) is 0.467. The van der Waals surface area contributed by atoms with E-state index in [1.807, 2.05) is 18.4 Å². The van der Waals surface area contributed by atoms with E-state index in [2.05, 4.69) is 29.3 Å². The van der Waals surface area contributed by atoms with Crippen molar-refractivity contribution in [1.82, 2.24) is 10.2 Å². The van der Waals surface area contributed by atoms with E-state index in [0.29, 0.717) is 6.04 Å². The predicted molar refractivity (Wildman–Crippen MR) is 73.6 cm³/mol. The molecule has 3 nitrogen and oxygen atoms in total. The van der Waals surface area contributed by atoms with Crippen LogP contribution in [0.15, 0.2) is 34.9 Å². The summed E-state index contributed by atoms with van der Waals surface area (Å²) in [6.07, 6.45) is 3.12. The van der Waals surface area contributed by atoms with Gasteiger partial charge in [0.15, 0.2) is 0 Å². The number of hydrogen-bond acceptors (Lipinski definition) is 3. The van der Waals surface area contributed by atoms with E-state index in [1.165, 1.54) is 17.4 Å². The number of hydrogen-bond donors (Lipinski definition) is 1. The highest BCUT2D eigenvalue weighted by molar-refractivity contribution is 5.80. The van der Waals surface area contributed by atoms with Crippen LogP contribution < -0.4 is 5.32 Å². The summed E-state index contributed by atoms with van der Waals surface area (Å²) in [7, 11) is 0. The maximum atomic E-state index is 5.62. The molecule has 1 saturated heterocycles. The minimum atomic E-state index is 0.693. The average Bonchev–Trinajstić information content (AvgIpc) is 2.71. The van der Waals surface area contributed by atoms with Crippen molar-refractivity contribution in [2.75, 3.05) is 19.6 Å². The lowest BCUT2D eigenvalue weighted by Gasteiger charge is -2.38. The standard InChI is InChI=1S/C15H20N2O/c1-2-7-17(13-8-16-9-13)10-12-11-18-15-6-4-3-5-14(12)15/h3-6,11,13,16H,2,7-10H2,1H3. The molecule has 0 amide bonds. The fourth-order valence-electron chi connectivity index (χ4n) is 2.58. The third-order valence-corrected chi connectivity index (χ3v) is 3.72. The average molecular weight is 244 g/mol. The Kier molecular flexibility index (Phi) is 3.35. The number of rotatable bonds is 5. The summed E-state index contributed by atoms with van der Waals surface area (Å²) in [6, 6.07) is 8.98. The maximum absolute atomic E-state index is 5.62. The van der Waals surface area contributed by atoms with E-state index in [0.717, 1.165) is 31.8 Å². The molecule has 1 N–H and O–H groups in total. The van der Waals surface area contributed by atoms with Crippen molar-refractivity contribution in [3.8, 4) is 0 Å². The van der Waals surface area contributed by atoms with E-state index < -0.39 is 0 Å². The van der Waals surface area contributed by atoms with Crippen LogP contribution in [-0.4, -0.2) is 30.6 Å². The number of furan rings is 1. The van der Waals surface area contributed by atoms with Crippen LogP contribution >= 0.6 is 0 Å². The summed E-state index contributed by atoms with van der Waals surface area (Å²) in [6.45, 7) is 6.64. The molecule has 3 rings (SSSR count). The first kappa shape index (κ1) is 11.8. The molecule has 0 aliphatic carbocycles. The van der Waals surface area contributed by atoms with Crippen LogP contribution in [-0.2, 0) is 6.54 Å². The zero-order valence-corrected chi connectivity index (χ0v) is 10.9. The summed E-state index contributed by atoms with van der Waals surface area (Å²) < 4.78 is 5.62. The van der Waals surface area contributed by atoms with Crippen molar-refractivity contribution in [2.24, 2.45) is 0 Å². The molecule has 2 aromatic rings. The van der Waals surface area contributed by atoms with Gasteiger partial charge < -0.3 is 9.73 Å². The van der Waals surface area contributed by atoms with Gasteiger partial charge in [0, 0.05) is 36.6 Å². The molecule has 1 aromatic heterocycles. The fourth-order valence-corrected chi connectivity index (χ4v) is 2.58. The van der Waals surface area contributed by atoms with Gasteiger partial charge >= 0.3 is 0 Å². The van der Waals surface area contributed by atoms with Crippen molar-refractivity contribution in [3.63, 3.8) is 0 Å². The zero-order chi connectivity index (χ0) is 12.4. The Balaban J connectivity index is 1.80. The Morgan fingerprint density at radius 1 is 1.33 bits per heavy atom. The lowest BCUT2D eigenvalue weighted by atomic mass is 10.1. The zero-order valence-electron chi connectivity index (χ0n) is 10.9. The molecular weight excluding hydrogens is 224 g/mol. The summed E-state index contributed by atoms with van der Waals surface area (Å²) in [5.74, 6) is 0. The van der Waals surface area contributed by atoms with Crippen molar-refractivity contribution < 1.29 is 4.42 Å². The van der Waals surface area contributed by atoms with Gasteiger partial charge in [0.1, 0.15) is 5.58 Å². The first-order valence-corrected chi connectivity index (χ1v) is 6.78. The van der Waals surface area contributed by atoms with Crippen LogP contribution in [0.5, 0.6) is 0 Å². The molecule has 0 saturated carbocycles. The molecule has 1 fully saturated rings. The molecule has 0 atom stereocenters. The van der Waals surface area contributed by atoms with Gasteiger partial charge in [0.25, 0.3) is 0 Å². The molecule has 1 aromatic carbocycles. The molecule has 0 radical (unpaired) electrons. The topological polar surface area (TPSA) is 28.4 Å². The van der Waals surface area contributed by atoms with Gasteiger partial charge in [-0.15, -0.1) is 0 Å². The Hall–Kier alpha value is -1.32. The van der Waals surface area contributed by atoms with Gasteiger partial charge in [0.2, 0.25) is 0 Å². The third-order valence-electron chi connectivity index (χ3n) is 3.72. The number of fused-ring (bicyclic) bond motifs is 1. The first-order chi connectivity index (χ1) is 8.88. The van der Waals surface area contributed by atoms with Crippen LogP contribution in [0.25, 0.3) is 11.0 Å². The number of para-hydroxylation sites is 1. The second-order valence-corrected chi connectivity index (χ2v) is 5.04. The lowest BCUT2D eigenvalue weighted by Crippen LogP contribution is -2.56. The number of nitrogens with zero attached hydrogens (tertiary/aromatic N) is 1. The van der Waals surface area contributed by atoms with E-state index in [1.54, 1.807) is 0 Å². The molecule has 18 heavy (non-hydrogen) atoms. The second-order valence-electron chi connectivity index (χ2n) is 5.04. The molecule has 1 aliphatic heterocycles. The van der Waals surface area contributed by atoms with E-state index in [9.17, 15) is 0 Å². The van der Waals surface area contributed by atoms with Crippen LogP contribution in [0.3, 0.4) is 0 Å². The summed E-state index contributed by atoms with van der Waals surface area (Å²) in [4.78, 5) is 2.56. The van der Waals surface area contributed by atoms with Crippen molar-refractivity contribution in [1.29, 1.82) is 0 Å². The van der Waals surface area contributed by atoms with Gasteiger partial charge in [0.05, 0.1) is 6.26 Å². The number of nitrogens with one attached hydrogen (secondary N) is 1. The van der Waals surface area contributed by atoms with Crippen molar-refractivity contribution >= 4 is 11.0 Å². The van der Waals surface area contributed by atoms with Gasteiger partial charge in [-0.2, -0.15) is 0 Å². The molecule has 0 unspecified atom stereocenters. The second kappa shape index (κ2) is 5.12. The van der Waals surface area contributed by atoms with Crippen LogP contribution in [0.4, 0.5) is 0 Å². The molecule has 1 aliphatic rings. The minimum absolute atomic E-state index is 0.693. The smallest absolute Gasteiger partial charge is 0.134 e. The molecule has 3 heteroatoms. The van der Waals surface area contributed by atoms with Crippen molar-refractivity contribution in [2.45, 2.75) is 25.9 Å². The lowest BCUT2D eigenvalue weighted by molar-refractivity contribution is 0.138. The van der Waals surface area contributed by atoms with E-state index in [-0.39, 0.29) is 0 Å². The molecular formula is C15H20N2O. The SMILES string of the molecule is CCCN(Cc1coc2ccccc12)C1CNC1. The molecule has 0 spiro atoms. The predicted octanol–water partition coefficient (Wildman–Crippen LogP) is 2.62. The highest BCUT2D eigenvalue weighted by Crippen LogP contribution is 2.23. The Bertz CT molecular complexity index is 516. The molecule has 0 bridgehead atoms. The van der Waals surface area contributed by atoms with Gasteiger partial charge in [-0.1, -0.05) is 25.1 Å². The molecule has 96 valence electrons. The normalized spacial score (nSPS) is 16.3. The van der Waals surface area contributed by atoms with Crippen molar-refractivity contribution in [3.05, 3.63) is 36.1 Å². The van der Waals surface area contributed by atoms with Crippen LogP contribution in [0.2, 0.25) is 0 Å². The maximum Gasteiger partial charge on any atom is 0.134 e. The number of benzene rings is 1. The highest BCUT2D eigenvalue weighted by atomic mass is 16.3. The quantitative estimate of drug-likeness (QED) is 0.876. The largest absolute Gasteiger partial charge is 0.464 e.